The third kappa shape index (κ3) is 4.12. The quantitative estimate of drug-likeness (QED) is 0.854. The van der Waals surface area contributed by atoms with Gasteiger partial charge in [-0.25, -0.2) is 0 Å². The first kappa shape index (κ1) is 15.7. The Morgan fingerprint density at radius 3 is 2.71 bits per heavy atom. The van der Waals surface area contributed by atoms with Crippen molar-refractivity contribution in [3.05, 3.63) is 40.7 Å². The number of H-pyrrole nitrogens is 1. The number of methoxy groups -OCH3 is 1. The summed E-state index contributed by atoms with van der Waals surface area (Å²) in [7, 11) is 3.64. The molecule has 0 fully saturated rings. The second-order valence-electron chi connectivity index (χ2n) is 4.78. The average molecular weight is 310 g/mol. The Morgan fingerprint density at radius 1 is 1.29 bits per heavy atom. The number of nitrogens with zero attached hydrogens (tertiary/aromatic N) is 2. The molecule has 0 aliphatic heterocycles. The summed E-state index contributed by atoms with van der Waals surface area (Å²) in [6.07, 6.45) is 1.75. The topological polar surface area (TPSA) is 50.4 Å². The van der Waals surface area contributed by atoms with E-state index < -0.39 is 0 Å². The van der Waals surface area contributed by atoms with Gasteiger partial charge in [-0.2, -0.15) is 5.10 Å². The Hall–Kier alpha value is -1.72. The van der Waals surface area contributed by atoms with E-state index in [0.29, 0.717) is 29.7 Å². The molecule has 0 amide bonds. The summed E-state index contributed by atoms with van der Waals surface area (Å²) >= 11 is 6.32. The van der Waals surface area contributed by atoms with Gasteiger partial charge in [0.25, 0.3) is 0 Å². The lowest BCUT2D eigenvalue weighted by Gasteiger charge is -2.18. The SMILES string of the molecule is CCOc1cc(CN(C)Cc2ccn[nH]2)c(Cl)cc1OC. The highest BCUT2D eigenvalue weighted by Gasteiger charge is 2.12. The van der Waals surface area contributed by atoms with E-state index in [0.717, 1.165) is 17.8 Å². The molecule has 0 aliphatic rings. The molecule has 0 bridgehead atoms. The molecule has 1 heterocycles. The number of aromatic nitrogens is 2. The molecular formula is C15H20ClN3O2. The summed E-state index contributed by atoms with van der Waals surface area (Å²) in [6.45, 7) is 4.01. The van der Waals surface area contributed by atoms with Crippen LogP contribution in [-0.4, -0.2) is 35.9 Å². The zero-order valence-electron chi connectivity index (χ0n) is 12.5. The van der Waals surface area contributed by atoms with Crippen LogP contribution in [0.4, 0.5) is 0 Å². The van der Waals surface area contributed by atoms with Crippen molar-refractivity contribution in [2.75, 3.05) is 20.8 Å². The zero-order valence-corrected chi connectivity index (χ0v) is 13.3. The minimum Gasteiger partial charge on any atom is -0.493 e. The minimum absolute atomic E-state index is 0.585. The molecule has 5 nitrogen and oxygen atoms in total. The molecule has 1 aromatic carbocycles. The molecule has 6 heteroatoms. The highest BCUT2D eigenvalue weighted by molar-refractivity contribution is 6.31. The third-order valence-electron chi connectivity index (χ3n) is 3.07. The van der Waals surface area contributed by atoms with Crippen molar-refractivity contribution in [2.45, 2.75) is 20.0 Å². The van der Waals surface area contributed by atoms with Crippen LogP contribution in [0.2, 0.25) is 5.02 Å². The number of hydrogen-bond donors (Lipinski definition) is 1. The van der Waals surface area contributed by atoms with E-state index in [4.69, 9.17) is 21.1 Å². The molecule has 0 aliphatic carbocycles. The van der Waals surface area contributed by atoms with Crippen molar-refractivity contribution in [2.24, 2.45) is 0 Å². The van der Waals surface area contributed by atoms with Crippen molar-refractivity contribution >= 4 is 11.6 Å². The van der Waals surface area contributed by atoms with E-state index >= 15 is 0 Å². The van der Waals surface area contributed by atoms with Crippen LogP contribution in [0.25, 0.3) is 0 Å². The molecule has 0 radical (unpaired) electrons. The Balaban J connectivity index is 2.13. The van der Waals surface area contributed by atoms with E-state index in [1.165, 1.54) is 0 Å². The van der Waals surface area contributed by atoms with Gasteiger partial charge >= 0.3 is 0 Å². The van der Waals surface area contributed by atoms with E-state index in [2.05, 4.69) is 15.1 Å². The van der Waals surface area contributed by atoms with Crippen molar-refractivity contribution in [1.82, 2.24) is 15.1 Å². The molecule has 0 saturated carbocycles. The maximum Gasteiger partial charge on any atom is 0.162 e. The van der Waals surface area contributed by atoms with Crippen LogP contribution >= 0.6 is 11.6 Å². The molecule has 1 aromatic heterocycles. The van der Waals surface area contributed by atoms with Crippen molar-refractivity contribution in [3.8, 4) is 11.5 Å². The van der Waals surface area contributed by atoms with Crippen LogP contribution < -0.4 is 9.47 Å². The maximum absolute atomic E-state index is 6.32. The van der Waals surface area contributed by atoms with Crippen LogP contribution in [0.5, 0.6) is 11.5 Å². The van der Waals surface area contributed by atoms with Crippen molar-refractivity contribution in [3.63, 3.8) is 0 Å². The monoisotopic (exact) mass is 309 g/mol. The van der Waals surface area contributed by atoms with Gasteiger partial charge in [0, 0.05) is 36.1 Å². The number of halogens is 1. The number of rotatable bonds is 7. The van der Waals surface area contributed by atoms with Gasteiger partial charge in [-0.1, -0.05) is 11.6 Å². The van der Waals surface area contributed by atoms with Gasteiger partial charge in [0.2, 0.25) is 0 Å². The average Bonchev–Trinajstić information content (AvgIpc) is 2.95. The first-order chi connectivity index (χ1) is 10.1. The van der Waals surface area contributed by atoms with E-state index in [9.17, 15) is 0 Å². The summed E-state index contributed by atoms with van der Waals surface area (Å²) in [5.41, 5.74) is 2.06. The first-order valence-corrected chi connectivity index (χ1v) is 7.17. The third-order valence-corrected chi connectivity index (χ3v) is 3.42. The molecule has 0 saturated heterocycles. The van der Waals surface area contributed by atoms with E-state index in [-0.39, 0.29) is 0 Å². The predicted octanol–water partition coefficient (Wildman–Crippen LogP) is 3.10. The van der Waals surface area contributed by atoms with Gasteiger partial charge in [0.15, 0.2) is 11.5 Å². The van der Waals surface area contributed by atoms with Crippen LogP contribution in [0.1, 0.15) is 18.2 Å². The van der Waals surface area contributed by atoms with E-state index in [1.807, 2.05) is 26.1 Å². The summed E-state index contributed by atoms with van der Waals surface area (Å²) < 4.78 is 10.9. The highest BCUT2D eigenvalue weighted by atomic mass is 35.5. The second kappa shape index (κ2) is 7.33. The molecule has 0 unspecified atom stereocenters. The van der Waals surface area contributed by atoms with Crippen LogP contribution in [0.15, 0.2) is 24.4 Å². The first-order valence-electron chi connectivity index (χ1n) is 6.80. The lowest BCUT2D eigenvalue weighted by atomic mass is 10.2. The van der Waals surface area contributed by atoms with Crippen LogP contribution in [0, 0.1) is 0 Å². The van der Waals surface area contributed by atoms with Gasteiger partial charge in [0.05, 0.1) is 13.7 Å². The molecule has 1 N–H and O–H groups in total. The van der Waals surface area contributed by atoms with Gasteiger partial charge in [0.1, 0.15) is 0 Å². The molecular weight excluding hydrogens is 290 g/mol. The van der Waals surface area contributed by atoms with Gasteiger partial charge in [-0.3, -0.25) is 10.00 Å². The summed E-state index contributed by atoms with van der Waals surface area (Å²) in [5, 5.41) is 7.57. The fraction of sp³-hybridized carbons (Fsp3) is 0.400. The number of nitrogens with one attached hydrogen (secondary N) is 1. The highest BCUT2D eigenvalue weighted by Crippen LogP contribution is 2.33. The molecule has 0 atom stereocenters. The fourth-order valence-corrected chi connectivity index (χ4v) is 2.35. The standard InChI is InChI=1S/C15H20ClN3O2/c1-4-21-15-7-11(13(16)8-14(15)20-3)9-19(2)10-12-5-6-17-18-12/h5-8H,4,9-10H2,1-3H3,(H,17,18). The predicted molar refractivity (Wildman–Crippen MR) is 82.9 cm³/mol. The summed E-state index contributed by atoms with van der Waals surface area (Å²) in [6, 6.07) is 5.69. The lowest BCUT2D eigenvalue weighted by molar-refractivity contribution is 0.302. The Morgan fingerprint density at radius 2 is 2.10 bits per heavy atom. The van der Waals surface area contributed by atoms with Crippen LogP contribution in [-0.2, 0) is 13.1 Å². The number of hydrogen-bond acceptors (Lipinski definition) is 4. The zero-order chi connectivity index (χ0) is 15.2. The van der Waals surface area contributed by atoms with Gasteiger partial charge in [-0.15, -0.1) is 0 Å². The van der Waals surface area contributed by atoms with Gasteiger partial charge in [-0.05, 0) is 31.7 Å². The van der Waals surface area contributed by atoms with Crippen molar-refractivity contribution in [1.29, 1.82) is 0 Å². The normalized spacial score (nSPS) is 10.9. The molecule has 0 spiro atoms. The fourth-order valence-electron chi connectivity index (χ4n) is 2.14. The van der Waals surface area contributed by atoms with Crippen LogP contribution in [0.3, 0.4) is 0 Å². The Kier molecular flexibility index (Phi) is 5.47. The smallest absolute Gasteiger partial charge is 0.162 e. The Labute approximate surface area is 129 Å². The lowest BCUT2D eigenvalue weighted by Crippen LogP contribution is -2.18. The summed E-state index contributed by atoms with van der Waals surface area (Å²) in [4.78, 5) is 2.15. The number of aromatic amines is 1. The van der Waals surface area contributed by atoms with Crippen molar-refractivity contribution < 1.29 is 9.47 Å². The second-order valence-corrected chi connectivity index (χ2v) is 5.19. The van der Waals surface area contributed by atoms with E-state index in [1.54, 1.807) is 19.4 Å². The van der Waals surface area contributed by atoms with Gasteiger partial charge < -0.3 is 9.47 Å². The largest absolute Gasteiger partial charge is 0.493 e. The number of ether oxygens (including phenoxy) is 2. The molecule has 114 valence electrons. The molecule has 21 heavy (non-hydrogen) atoms. The Bertz CT molecular complexity index is 573. The molecule has 2 aromatic rings. The maximum atomic E-state index is 6.32. The summed E-state index contributed by atoms with van der Waals surface area (Å²) in [5.74, 6) is 1.37. The minimum atomic E-state index is 0.585. The number of benzene rings is 1. The molecule has 2 rings (SSSR count).